The third kappa shape index (κ3) is 3.92. The molecular weight excluding hydrogens is 426 g/mol. The van der Waals surface area contributed by atoms with E-state index in [-0.39, 0.29) is 0 Å². The lowest BCUT2D eigenvalue weighted by Gasteiger charge is -2.34. The molecule has 15 heteroatoms. The standard InChI is InChI=1S/C12H6F9O5P/c13-9(14,15)5-24-27(23)25-7-4-2-1-3-6(7)8(22)10(26-27,11(16,17)18)12(19,20)21/h1-4H,5H2/t27-/m0/s1. The summed E-state index contributed by atoms with van der Waals surface area (Å²) in [5.74, 6) is -3.91. The highest BCUT2D eigenvalue weighted by molar-refractivity contribution is 7.49. The summed E-state index contributed by atoms with van der Waals surface area (Å²) >= 11 is 0. The lowest BCUT2D eigenvalue weighted by atomic mass is 9.91. The van der Waals surface area contributed by atoms with E-state index in [1.54, 1.807) is 0 Å². The number of phosphoric ester groups is 1. The molecule has 0 fully saturated rings. The Bertz CT molecular complexity index is 769. The summed E-state index contributed by atoms with van der Waals surface area (Å²) in [6, 6.07) is 2.88. The normalized spacial score (nSPS) is 23.4. The molecule has 27 heavy (non-hydrogen) atoms. The number of rotatable bonds is 2. The number of carbonyl (C=O) groups excluding carboxylic acids is 1. The van der Waals surface area contributed by atoms with Gasteiger partial charge in [-0.3, -0.25) is 9.32 Å². The first-order valence-corrected chi connectivity index (χ1v) is 7.97. The maximum Gasteiger partial charge on any atom is 0.532 e. The van der Waals surface area contributed by atoms with Crippen LogP contribution in [-0.2, 0) is 13.6 Å². The summed E-state index contributed by atoms with van der Waals surface area (Å²) in [6.45, 7) is -2.56. The van der Waals surface area contributed by atoms with Gasteiger partial charge in [0, 0.05) is 0 Å². The number of alkyl halides is 9. The van der Waals surface area contributed by atoms with Crippen molar-refractivity contribution >= 4 is 13.6 Å². The van der Waals surface area contributed by atoms with Crippen molar-refractivity contribution in [2.45, 2.75) is 24.1 Å². The second-order valence-corrected chi connectivity index (χ2v) is 6.54. The maximum atomic E-state index is 13.3. The Morgan fingerprint density at radius 1 is 0.963 bits per heavy atom. The average molecular weight is 432 g/mol. The van der Waals surface area contributed by atoms with Gasteiger partial charge in [-0.1, -0.05) is 12.1 Å². The SMILES string of the molecule is O=C1c2ccccc2O[P@](=O)(OCC(F)(F)F)OC1(C(F)(F)F)C(F)(F)F. The molecule has 1 atom stereocenters. The van der Waals surface area contributed by atoms with Crippen LogP contribution in [0.5, 0.6) is 5.75 Å². The number of benzene rings is 1. The molecule has 2 rings (SSSR count). The van der Waals surface area contributed by atoms with E-state index in [0.717, 1.165) is 12.1 Å². The van der Waals surface area contributed by atoms with Crippen molar-refractivity contribution in [2.75, 3.05) is 6.61 Å². The Labute approximate surface area is 143 Å². The van der Waals surface area contributed by atoms with Crippen LogP contribution in [0, 0.1) is 0 Å². The zero-order valence-electron chi connectivity index (χ0n) is 12.4. The minimum Gasteiger partial charge on any atom is -0.403 e. The summed E-state index contributed by atoms with van der Waals surface area (Å²) in [5, 5.41) is 0. The van der Waals surface area contributed by atoms with Crippen LogP contribution in [0.3, 0.4) is 0 Å². The number of para-hydroxylation sites is 1. The van der Waals surface area contributed by atoms with Crippen LogP contribution in [0.25, 0.3) is 0 Å². The monoisotopic (exact) mass is 432 g/mol. The van der Waals surface area contributed by atoms with Crippen LogP contribution < -0.4 is 4.52 Å². The van der Waals surface area contributed by atoms with Crippen molar-refractivity contribution in [1.29, 1.82) is 0 Å². The Morgan fingerprint density at radius 2 is 1.48 bits per heavy atom. The highest BCUT2D eigenvalue weighted by Gasteiger charge is 2.80. The van der Waals surface area contributed by atoms with Crippen LogP contribution in [0.15, 0.2) is 24.3 Å². The van der Waals surface area contributed by atoms with Crippen LogP contribution in [0.2, 0.25) is 0 Å². The molecule has 0 N–H and O–H groups in total. The number of fused-ring (bicyclic) bond motifs is 1. The van der Waals surface area contributed by atoms with Crippen LogP contribution in [0.4, 0.5) is 39.5 Å². The molecule has 0 unspecified atom stereocenters. The third-order valence-electron chi connectivity index (χ3n) is 3.10. The van der Waals surface area contributed by atoms with Crippen LogP contribution >= 0.6 is 7.82 Å². The van der Waals surface area contributed by atoms with Gasteiger partial charge in [-0.15, -0.1) is 0 Å². The molecule has 0 saturated heterocycles. The smallest absolute Gasteiger partial charge is 0.403 e. The largest absolute Gasteiger partial charge is 0.532 e. The van der Waals surface area contributed by atoms with E-state index in [2.05, 4.69) is 13.6 Å². The Kier molecular flexibility index (Phi) is 5.08. The highest BCUT2D eigenvalue weighted by atomic mass is 31.2. The van der Waals surface area contributed by atoms with E-state index in [1.807, 2.05) is 0 Å². The first-order chi connectivity index (χ1) is 12.0. The molecule has 1 aliphatic rings. The fourth-order valence-electron chi connectivity index (χ4n) is 2.00. The van der Waals surface area contributed by atoms with Crippen molar-refractivity contribution in [1.82, 2.24) is 0 Å². The minimum absolute atomic E-state index is 0.465. The summed E-state index contributed by atoms with van der Waals surface area (Å²) < 4.78 is 140. The summed E-state index contributed by atoms with van der Waals surface area (Å²) in [5.41, 5.74) is -7.13. The number of phosphoric acid groups is 1. The van der Waals surface area contributed by atoms with Gasteiger partial charge in [-0.05, 0) is 12.1 Å². The molecule has 0 aliphatic carbocycles. The molecule has 0 radical (unpaired) electrons. The molecule has 0 amide bonds. The van der Waals surface area contributed by atoms with Gasteiger partial charge in [0.2, 0.25) is 5.78 Å². The van der Waals surface area contributed by atoms with E-state index in [0.29, 0.717) is 12.1 Å². The molecule has 0 bridgehead atoms. The number of carbonyl (C=O) groups is 1. The fourth-order valence-corrected chi connectivity index (χ4v) is 3.47. The summed E-state index contributed by atoms with van der Waals surface area (Å²) in [7, 11) is -6.22. The van der Waals surface area contributed by atoms with Crippen LogP contribution in [0.1, 0.15) is 10.4 Å². The predicted molar refractivity (Wildman–Crippen MR) is 66.9 cm³/mol. The number of halogens is 9. The van der Waals surface area contributed by atoms with Gasteiger partial charge >= 0.3 is 32.0 Å². The minimum atomic E-state index is -6.57. The molecule has 1 aromatic carbocycles. The van der Waals surface area contributed by atoms with Gasteiger partial charge in [0.15, 0.2) is 6.61 Å². The van der Waals surface area contributed by atoms with Crippen molar-refractivity contribution in [2.24, 2.45) is 0 Å². The quantitative estimate of drug-likeness (QED) is 0.495. The molecule has 0 saturated carbocycles. The number of Topliss-reactive ketones (excluding diaryl/α,β-unsaturated/α-hetero) is 1. The molecule has 1 aromatic rings. The van der Waals surface area contributed by atoms with Gasteiger partial charge < -0.3 is 4.52 Å². The second kappa shape index (κ2) is 6.38. The maximum absolute atomic E-state index is 13.3. The fraction of sp³-hybridized carbons (Fsp3) is 0.417. The van der Waals surface area contributed by atoms with Crippen molar-refractivity contribution in [3.8, 4) is 5.75 Å². The van der Waals surface area contributed by atoms with E-state index in [9.17, 15) is 48.9 Å². The van der Waals surface area contributed by atoms with Crippen molar-refractivity contribution < 1.29 is 62.4 Å². The first kappa shape index (κ1) is 21.5. The van der Waals surface area contributed by atoms with E-state index < -0.39 is 55.7 Å². The highest BCUT2D eigenvalue weighted by Crippen LogP contribution is 2.63. The molecule has 0 aromatic heterocycles. The first-order valence-electron chi connectivity index (χ1n) is 6.51. The van der Waals surface area contributed by atoms with E-state index in [4.69, 9.17) is 0 Å². The van der Waals surface area contributed by atoms with Gasteiger partial charge in [-0.25, -0.2) is 9.09 Å². The zero-order valence-corrected chi connectivity index (χ0v) is 13.3. The average Bonchev–Trinajstić information content (AvgIpc) is 2.58. The van der Waals surface area contributed by atoms with Gasteiger partial charge in [0.05, 0.1) is 5.56 Å². The molecular formula is C12H6F9O5P. The third-order valence-corrected chi connectivity index (χ3v) is 4.46. The van der Waals surface area contributed by atoms with Gasteiger partial charge in [0.25, 0.3) is 0 Å². The molecule has 5 nitrogen and oxygen atoms in total. The summed E-state index contributed by atoms with van der Waals surface area (Å²) in [4.78, 5) is 12.1. The lowest BCUT2D eigenvalue weighted by Crippen LogP contribution is -2.63. The van der Waals surface area contributed by atoms with Crippen molar-refractivity contribution in [3.05, 3.63) is 29.8 Å². The Hall–Kier alpha value is -1.79. The van der Waals surface area contributed by atoms with E-state index in [1.165, 1.54) is 0 Å². The lowest BCUT2D eigenvalue weighted by molar-refractivity contribution is -0.336. The molecule has 0 spiro atoms. The molecule has 1 heterocycles. The van der Waals surface area contributed by atoms with Gasteiger partial charge in [-0.2, -0.15) is 39.5 Å². The predicted octanol–water partition coefficient (Wildman–Crippen LogP) is 4.83. The topological polar surface area (TPSA) is 61.8 Å². The molecule has 152 valence electrons. The Morgan fingerprint density at radius 3 is 1.96 bits per heavy atom. The van der Waals surface area contributed by atoms with Gasteiger partial charge in [0.1, 0.15) is 5.75 Å². The summed E-state index contributed by atoms with van der Waals surface area (Å²) in [6.07, 6.45) is -18.4. The second-order valence-electron chi connectivity index (χ2n) is 5.02. The number of hydrogen-bond donors (Lipinski definition) is 0. The Balaban J connectivity index is 2.73. The molecule has 1 aliphatic heterocycles. The number of ketones is 1. The number of hydrogen-bond acceptors (Lipinski definition) is 5. The van der Waals surface area contributed by atoms with E-state index >= 15 is 0 Å². The van der Waals surface area contributed by atoms with Crippen molar-refractivity contribution in [3.63, 3.8) is 0 Å². The zero-order chi connectivity index (χ0) is 20.9. The van der Waals surface area contributed by atoms with Crippen LogP contribution in [-0.4, -0.2) is 36.5 Å².